The number of thiocarbonyl (C=S) groups is 1. The van der Waals surface area contributed by atoms with E-state index in [0.29, 0.717) is 21.3 Å². The summed E-state index contributed by atoms with van der Waals surface area (Å²) in [5.74, 6) is -0.193. The Morgan fingerprint density at radius 2 is 2.16 bits per heavy atom. The van der Waals surface area contributed by atoms with E-state index in [-0.39, 0.29) is 4.32 Å². The summed E-state index contributed by atoms with van der Waals surface area (Å²) in [5.41, 5.74) is 2.83. The molecule has 1 aromatic carbocycles. The molecule has 0 saturated carbocycles. The van der Waals surface area contributed by atoms with Crippen molar-refractivity contribution < 1.29 is 14.0 Å². The van der Waals surface area contributed by atoms with Crippen molar-refractivity contribution in [3.63, 3.8) is 0 Å². The number of amides is 2. The van der Waals surface area contributed by atoms with Gasteiger partial charge in [0.25, 0.3) is 11.8 Å². The first-order chi connectivity index (χ1) is 12.0. The molecule has 0 unspecified atom stereocenters. The van der Waals surface area contributed by atoms with Gasteiger partial charge in [-0.3, -0.25) is 15.0 Å². The zero-order chi connectivity index (χ0) is 17.8. The molecule has 126 valence electrons. The van der Waals surface area contributed by atoms with Crippen molar-refractivity contribution in [1.29, 1.82) is 0 Å². The molecule has 0 spiro atoms. The molecule has 8 heteroatoms. The van der Waals surface area contributed by atoms with Gasteiger partial charge in [-0.25, -0.2) is 0 Å². The van der Waals surface area contributed by atoms with Crippen molar-refractivity contribution in [3.8, 4) is 0 Å². The lowest BCUT2D eigenvalue weighted by molar-refractivity contribution is -0.123. The van der Waals surface area contributed by atoms with Crippen LogP contribution in [0.15, 0.2) is 64.1 Å². The summed E-state index contributed by atoms with van der Waals surface area (Å²) >= 11 is 12.1. The minimum absolute atomic E-state index is 0.248. The van der Waals surface area contributed by atoms with Crippen molar-refractivity contribution in [3.05, 3.63) is 76.1 Å². The van der Waals surface area contributed by atoms with Gasteiger partial charge in [0.2, 0.25) is 0 Å². The van der Waals surface area contributed by atoms with Crippen LogP contribution in [0.4, 0.5) is 0 Å². The Bertz CT molecular complexity index is 891. The molecule has 1 saturated heterocycles. The predicted octanol–water partition coefficient (Wildman–Crippen LogP) is 4.04. The number of nitrogens with one attached hydrogen (secondary N) is 1. The predicted molar refractivity (Wildman–Crippen MR) is 102 cm³/mol. The van der Waals surface area contributed by atoms with Gasteiger partial charge in [0, 0.05) is 10.6 Å². The van der Waals surface area contributed by atoms with Crippen LogP contribution in [0.2, 0.25) is 5.02 Å². The number of rotatable bonds is 4. The van der Waals surface area contributed by atoms with E-state index in [0.717, 1.165) is 16.8 Å². The van der Waals surface area contributed by atoms with E-state index in [1.807, 2.05) is 0 Å². The molecule has 1 fully saturated rings. The third kappa shape index (κ3) is 4.19. The Kier molecular flexibility index (Phi) is 5.37. The van der Waals surface area contributed by atoms with Gasteiger partial charge >= 0.3 is 0 Å². The molecule has 0 atom stereocenters. The maximum Gasteiger partial charge on any atom is 0.285 e. The number of hydrogen-bond acceptors (Lipinski definition) is 5. The fraction of sp³-hybridized carbons (Fsp3) is 0. The van der Waals surface area contributed by atoms with E-state index in [4.69, 9.17) is 28.2 Å². The smallest absolute Gasteiger partial charge is 0.285 e. The van der Waals surface area contributed by atoms with Gasteiger partial charge in [-0.2, -0.15) is 5.01 Å². The molecular formula is C17H11ClN2O3S2. The molecule has 0 bridgehead atoms. The first-order valence-corrected chi connectivity index (χ1v) is 8.69. The van der Waals surface area contributed by atoms with Gasteiger partial charge in [0.1, 0.15) is 5.76 Å². The molecule has 1 N–H and O–H groups in total. The molecule has 0 aliphatic carbocycles. The summed E-state index contributed by atoms with van der Waals surface area (Å²) in [7, 11) is 0. The highest BCUT2D eigenvalue weighted by atomic mass is 35.5. The number of allylic oxidation sites excluding steroid dienone is 2. The zero-order valence-electron chi connectivity index (χ0n) is 12.6. The number of benzene rings is 1. The van der Waals surface area contributed by atoms with E-state index in [2.05, 4.69) is 5.43 Å². The van der Waals surface area contributed by atoms with Crippen LogP contribution in [-0.2, 0) is 4.79 Å². The van der Waals surface area contributed by atoms with Gasteiger partial charge in [-0.15, -0.1) is 0 Å². The van der Waals surface area contributed by atoms with E-state index in [1.165, 1.54) is 6.07 Å². The maximum atomic E-state index is 12.4. The Hall–Kier alpha value is -2.35. The van der Waals surface area contributed by atoms with Crippen LogP contribution in [-0.4, -0.2) is 21.1 Å². The Balaban J connectivity index is 1.70. The maximum absolute atomic E-state index is 12.4. The first-order valence-electron chi connectivity index (χ1n) is 7.09. The van der Waals surface area contributed by atoms with Gasteiger partial charge < -0.3 is 4.42 Å². The highest BCUT2D eigenvalue weighted by Gasteiger charge is 2.33. The standard InChI is InChI=1S/C17H11ClN2O3S2/c18-12-5-1-4-11(10-12)15(21)19-20-16(22)14(25-17(20)24)8-2-6-13-7-3-9-23-13/h1-10H,(H,19,21)/b6-2+,14-8+. The van der Waals surface area contributed by atoms with E-state index in [9.17, 15) is 9.59 Å². The molecule has 1 aromatic heterocycles. The van der Waals surface area contributed by atoms with Crippen LogP contribution in [0, 0.1) is 0 Å². The van der Waals surface area contributed by atoms with Crippen molar-refractivity contribution >= 4 is 57.8 Å². The van der Waals surface area contributed by atoms with E-state index >= 15 is 0 Å². The first kappa shape index (κ1) is 17.5. The number of nitrogens with zero attached hydrogens (tertiary/aromatic N) is 1. The normalized spacial score (nSPS) is 16.2. The second-order valence-corrected chi connectivity index (χ2v) is 6.98. The lowest BCUT2D eigenvalue weighted by Crippen LogP contribution is -2.44. The summed E-state index contributed by atoms with van der Waals surface area (Å²) in [6.07, 6.45) is 6.58. The number of furan rings is 1. The molecule has 1 aliphatic heterocycles. The average Bonchev–Trinajstić information content (AvgIpc) is 3.19. The Labute approximate surface area is 158 Å². The monoisotopic (exact) mass is 390 g/mol. The minimum Gasteiger partial charge on any atom is -0.465 e. The molecule has 3 rings (SSSR count). The fourth-order valence-electron chi connectivity index (χ4n) is 1.99. The SMILES string of the molecule is O=C(NN1C(=O)/C(=C\C=C\c2ccco2)SC1=S)c1cccc(Cl)c1. The van der Waals surface area contributed by atoms with Gasteiger partial charge in [-0.1, -0.05) is 35.5 Å². The molecular weight excluding hydrogens is 380 g/mol. The van der Waals surface area contributed by atoms with Crippen LogP contribution in [0.3, 0.4) is 0 Å². The third-order valence-electron chi connectivity index (χ3n) is 3.15. The Morgan fingerprint density at radius 3 is 2.88 bits per heavy atom. The number of hydrogen-bond donors (Lipinski definition) is 1. The number of thioether (sulfide) groups is 1. The number of carbonyl (C=O) groups is 2. The summed E-state index contributed by atoms with van der Waals surface area (Å²) < 4.78 is 5.41. The minimum atomic E-state index is -0.467. The lowest BCUT2D eigenvalue weighted by atomic mass is 10.2. The van der Waals surface area contributed by atoms with E-state index in [1.54, 1.807) is 54.8 Å². The number of halogens is 1. The fourth-order valence-corrected chi connectivity index (χ4v) is 3.31. The number of carbonyl (C=O) groups excluding carboxylic acids is 2. The lowest BCUT2D eigenvalue weighted by Gasteiger charge is -2.15. The van der Waals surface area contributed by atoms with Crippen LogP contribution in [0.1, 0.15) is 16.1 Å². The second kappa shape index (κ2) is 7.69. The summed E-state index contributed by atoms with van der Waals surface area (Å²) in [6, 6.07) is 9.98. The summed E-state index contributed by atoms with van der Waals surface area (Å²) in [5, 5.41) is 1.48. The van der Waals surface area contributed by atoms with Crippen LogP contribution < -0.4 is 5.43 Å². The highest BCUT2D eigenvalue weighted by Crippen LogP contribution is 2.29. The van der Waals surface area contributed by atoms with Crippen molar-refractivity contribution in [1.82, 2.24) is 10.4 Å². The zero-order valence-corrected chi connectivity index (χ0v) is 15.0. The number of hydrazine groups is 1. The van der Waals surface area contributed by atoms with Crippen molar-refractivity contribution in [2.75, 3.05) is 0 Å². The van der Waals surface area contributed by atoms with Crippen LogP contribution >= 0.6 is 35.6 Å². The van der Waals surface area contributed by atoms with Crippen LogP contribution in [0.25, 0.3) is 6.08 Å². The molecule has 2 amide bonds. The molecule has 1 aliphatic rings. The summed E-state index contributed by atoms with van der Waals surface area (Å²) in [6.45, 7) is 0. The topological polar surface area (TPSA) is 62.6 Å². The second-order valence-electron chi connectivity index (χ2n) is 4.87. The largest absolute Gasteiger partial charge is 0.465 e. The van der Waals surface area contributed by atoms with Gasteiger partial charge in [0.15, 0.2) is 4.32 Å². The van der Waals surface area contributed by atoms with Gasteiger partial charge in [-0.05, 0) is 54.7 Å². The molecule has 0 radical (unpaired) electrons. The quantitative estimate of drug-likeness (QED) is 0.630. The third-order valence-corrected chi connectivity index (χ3v) is 4.70. The Morgan fingerprint density at radius 1 is 1.32 bits per heavy atom. The molecule has 25 heavy (non-hydrogen) atoms. The summed E-state index contributed by atoms with van der Waals surface area (Å²) in [4.78, 5) is 25.0. The molecule has 2 heterocycles. The van der Waals surface area contributed by atoms with Crippen molar-refractivity contribution in [2.45, 2.75) is 0 Å². The van der Waals surface area contributed by atoms with Crippen LogP contribution in [0.5, 0.6) is 0 Å². The highest BCUT2D eigenvalue weighted by molar-refractivity contribution is 8.26. The van der Waals surface area contributed by atoms with E-state index < -0.39 is 11.8 Å². The average molecular weight is 391 g/mol. The van der Waals surface area contributed by atoms with Crippen molar-refractivity contribution in [2.24, 2.45) is 0 Å². The van der Waals surface area contributed by atoms with Gasteiger partial charge in [0.05, 0.1) is 11.2 Å². The molecule has 5 nitrogen and oxygen atoms in total. The molecule has 2 aromatic rings.